The molecule has 0 bridgehead atoms. The number of rotatable bonds is 4. The SMILES string of the molecule is Nc1ncccc1NCC1CCCC1CO. The lowest BCUT2D eigenvalue weighted by molar-refractivity contribution is 0.199. The molecule has 0 amide bonds. The predicted octanol–water partition coefficient (Wildman–Crippen LogP) is 1.48. The lowest BCUT2D eigenvalue weighted by Gasteiger charge is -2.18. The van der Waals surface area contributed by atoms with Crippen molar-refractivity contribution in [1.82, 2.24) is 4.98 Å². The summed E-state index contributed by atoms with van der Waals surface area (Å²) >= 11 is 0. The molecule has 0 spiro atoms. The van der Waals surface area contributed by atoms with Crippen LogP contribution in [0.2, 0.25) is 0 Å². The number of nitrogen functional groups attached to an aromatic ring is 1. The molecule has 16 heavy (non-hydrogen) atoms. The van der Waals surface area contributed by atoms with Gasteiger partial charge < -0.3 is 16.2 Å². The van der Waals surface area contributed by atoms with Crippen molar-refractivity contribution in [1.29, 1.82) is 0 Å². The van der Waals surface area contributed by atoms with Gasteiger partial charge in [-0.1, -0.05) is 6.42 Å². The summed E-state index contributed by atoms with van der Waals surface area (Å²) in [7, 11) is 0. The molecule has 4 heteroatoms. The molecule has 1 aliphatic carbocycles. The third-order valence-electron chi connectivity index (χ3n) is 3.44. The Bertz CT molecular complexity index is 343. The van der Waals surface area contributed by atoms with Crippen molar-refractivity contribution in [2.45, 2.75) is 19.3 Å². The Balaban J connectivity index is 1.90. The van der Waals surface area contributed by atoms with Gasteiger partial charge in [-0.2, -0.15) is 0 Å². The molecule has 1 aromatic rings. The summed E-state index contributed by atoms with van der Waals surface area (Å²) in [6.45, 7) is 1.18. The summed E-state index contributed by atoms with van der Waals surface area (Å²) in [4.78, 5) is 4.03. The number of aromatic nitrogens is 1. The van der Waals surface area contributed by atoms with Gasteiger partial charge in [-0.15, -0.1) is 0 Å². The molecule has 88 valence electrons. The van der Waals surface area contributed by atoms with Crippen molar-refractivity contribution in [3.63, 3.8) is 0 Å². The van der Waals surface area contributed by atoms with Crippen LogP contribution in [-0.2, 0) is 0 Å². The Labute approximate surface area is 95.9 Å². The van der Waals surface area contributed by atoms with Crippen LogP contribution in [0.25, 0.3) is 0 Å². The van der Waals surface area contributed by atoms with Crippen molar-refractivity contribution >= 4 is 11.5 Å². The molecule has 2 atom stereocenters. The van der Waals surface area contributed by atoms with Crippen LogP contribution in [0.4, 0.5) is 11.5 Å². The fourth-order valence-electron chi connectivity index (χ4n) is 2.43. The Morgan fingerprint density at radius 3 is 3.00 bits per heavy atom. The van der Waals surface area contributed by atoms with E-state index in [1.165, 1.54) is 12.8 Å². The number of nitrogens with zero attached hydrogens (tertiary/aromatic N) is 1. The molecule has 2 rings (SSSR count). The zero-order valence-electron chi connectivity index (χ0n) is 9.39. The minimum atomic E-state index is 0.300. The van der Waals surface area contributed by atoms with E-state index in [0.717, 1.165) is 18.7 Å². The van der Waals surface area contributed by atoms with E-state index in [9.17, 15) is 5.11 Å². The highest BCUT2D eigenvalue weighted by atomic mass is 16.3. The third kappa shape index (κ3) is 2.44. The normalized spacial score (nSPS) is 24.6. The second kappa shape index (κ2) is 5.16. The standard InChI is InChI=1S/C12H19N3O/c13-12-11(5-2-6-14-12)15-7-9-3-1-4-10(9)8-16/h2,5-6,9-10,15-16H,1,3-4,7-8H2,(H2,13,14). The molecule has 1 saturated carbocycles. The van der Waals surface area contributed by atoms with Gasteiger partial charge in [-0.25, -0.2) is 4.98 Å². The fourth-order valence-corrected chi connectivity index (χ4v) is 2.43. The van der Waals surface area contributed by atoms with Crippen LogP contribution in [0.3, 0.4) is 0 Å². The molecule has 1 aliphatic rings. The predicted molar refractivity (Wildman–Crippen MR) is 65.1 cm³/mol. The molecule has 4 nitrogen and oxygen atoms in total. The minimum Gasteiger partial charge on any atom is -0.396 e. The smallest absolute Gasteiger partial charge is 0.146 e. The van der Waals surface area contributed by atoms with Crippen LogP contribution in [0.1, 0.15) is 19.3 Å². The first-order valence-corrected chi connectivity index (χ1v) is 5.86. The maximum Gasteiger partial charge on any atom is 0.146 e. The summed E-state index contributed by atoms with van der Waals surface area (Å²) in [6, 6.07) is 3.81. The van der Waals surface area contributed by atoms with Crippen molar-refractivity contribution in [3.8, 4) is 0 Å². The molecule has 0 aromatic carbocycles. The number of aliphatic hydroxyl groups is 1. The third-order valence-corrected chi connectivity index (χ3v) is 3.44. The average molecular weight is 221 g/mol. The number of aliphatic hydroxyl groups excluding tert-OH is 1. The molecular weight excluding hydrogens is 202 g/mol. The second-order valence-corrected chi connectivity index (χ2v) is 4.45. The highest BCUT2D eigenvalue weighted by Crippen LogP contribution is 2.31. The molecule has 0 radical (unpaired) electrons. The fraction of sp³-hybridized carbons (Fsp3) is 0.583. The van der Waals surface area contributed by atoms with E-state index in [1.807, 2.05) is 12.1 Å². The Morgan fingerprint density at radius 2 is 2.25 bits per heavy atom. The van der Waals surface area contributed by atoms with E-state index in [2.05, 4.69) is 10.3 Å². The van der Waals surface area contributed by atoms with Crippen molar-refractivity contribution in [2.75, 3.05) is 24.2 Å². The number of nitrogens with one attached hydrogen (secondary N) is 1. The van der Waals surface area contributed by atoms with Crippen molar-refractivity contribution in [3.05, 3.63) is 18.3 Å². The first kappa shape index (κ1) is 11.2. The number of hydrogen-bond acceptors (Lipinski definition) is 4. The van der Waals surface area contributed by atoms with E-state index in [1.54, 1.807) is 6.20 Å². The van der Waals surface area contributed by atoms with Gasteiger partial charge in [0.1, 0.15) is 5.82 Å². The maximum absolute atomic E-state index is 9.22. The van der Waals surface area contributed by atoms with Crippen LogP contribution >= 0.6 is 0 Å². The second-order valence-electron chi connectivity index (χ2n) is 4.45. The van der Waals surface area contributed by atoms with Gasteiger partial charge in [0.15, 0.2) is 0 Å². The topological polar surface area (TPSA) is 71.2 Å². The molecule has 0 aliphatic heterocycles. The molecule has 1 heterocycles. The Morgan fingerprint density at radius 1 is 1.44 bits per heavy atom. The quantitative estimate of drug-likeness (QED) is 0.720. The summed E-state index contributed by atoms with van der Waals surface area (Å²) in [5.41, 5.74) is 6.64. The van der Waals surface area contributed by atoms with Gasteiger partial charge in [0.2, 0.25) is 0 Å². The van der Waals surface area contributed by atoms with Gasteiger partial charge in [0.05, 0.1) is 5.69 Å². The zero-order chi connectivity index (χ0) is 11.4. The Kier molecular flexibility index (Phi) is 3.62. The molecule has 1 fully saturated rings. The highest BCUT2D eigenvalue weighted by Gasteiger charge is 2.26. The first-order valence-electron chi connectivity index (χ1n) is 5.86. The van der Waals surface area contributed by atoms with E-state index < -0.39 is 0 Å². The minimum absolute atomic E-state index is 0.300. The monoisotopic (exact) mass is 221 g/mol. The highest BCUT2D eigenvalue weighted by molar-refractivity contribution is 5.60. The van der Waals surface area contributed by atoms with Crippen LogP contribution < -0.4 is 11.1 Å². The lowest BCUT2D eigenvalue weighted by Crippen LogP contribution is -2.21. The summed E-state index contributed by atoms with van der Waals surface area (Å²) in [5, 5.41) is 12.5. The number of nitrogens with two attached hydrogens (primary N) is 1. The van der Waals surface area contributed by atoms with Gasteiger partial charge in [-0.05, 0) is 36.8 Å². The zero-order valence-corrected chi connectivity index (χ0v) is 9.39. The largest absolute Gasteiger partial charge is 0.396 e. The molecule has 1 aromatic heterocycles. The number of hydrogen-bond donors (Lipinski definition) is 3. The molecule has 0 saturated heterocycles. The van der Waals surface area contributed by atoms with E-state index >= 15 is 0 Å². The van der Waals surface area contributed by atoms with Crippen LogP contribution in [0.5, 0.6) is 0 Å². The van der Waals surface area contributed by atoms with E-state index in [4.69, 9.17) is 5.73 Å². The summed E-state index contributed by atoms with van der Waals surface area (Å²) < 4.78 is 0. The van der Waals surface area contributed by atoms with Gasteiger partial charge in [0, 0.05) is 19.3 Å². The Hall–Kier alpha value is -1.29. The average Bonchev–Trinajstić information content (AvgIpc) is 2.75. The summed E-state index contributed by atoms with van der Waals surface area (Å²) in [5.74, 6) is 1.55. The maximum atomic E-state index is 9.22. The number of anilines is 2. The molecule has 4 N–H and O–H groups in total. The van der Waals surface area contributed by atoms with Gasteiger partial charge in [-0.3, -0.25) is 0 Å². The molecular formula is C12H19N3O. The number of pyridine rings is 1. The van der Waals surface area contributed by atoms with Crippen molar-refractivity contribution < 1.29 is 5.11 Å². The van der Waals surface area contributed by atoms with Crippen LogP contribution in [-0.4, -0.2) is 23.2 Å². The van der Waals surface area contributed by atoms with Gasteiger partial charge in [0.25, 0.3) is 0 Å². The van der Waals surface area contributed by atoms with E-state index in [0.29, 0.717) is 24.3 Å². The summed E-state index contributed by atoms with van der Waals surface area (Å²) in [6.07, 6.45) is 5.25. The van der Waals surface area contributed by atoms with Crippen LogP contribution in [0.15, 0.2) is 18.3 Å². The first-order chi connectivity index (χ1) is 7.81. The molecule has 2 unspecified atom stereocenters. The van der Waals surface area contributed by atoms with Gasteiger partial charge >= 0.3 is 0 Å². The van der Waals surface area contributed by atoms with Crippen molar-refractivity contribution in [2.24, 2.45) is 11.8 Å². The van der Waals surface area contributed by atoms with Crippen LogP contribution in [0, 0.1) is 11.8 Å². The lowest BCUT2D eigenvalue weighted by atomic mass is 9.97. The van der Waals surface area contributed by atoms with E-state index in [-0.39, 0.29) is 0 Å².